The third-order valence-electron chi connectivity index (χ3n) is 13.9. The van der Waals surface area contributed by atoms with E-state index in [1.165, 1.54) is 0 Å². The van der Waals surface area contributed by atoms with Gasteiger partial charge in [-0.25, -0.2) is 14.8 Å². The molecule has 7 aromatic rings. The fraction of sp³-hybridized carbons (Fsp3) is 0.380. The van der Waals surface area contributed by atoms with E-state index in [2.05, 4.69) is 26.6 Å². The third-order valence-corrected chi connectivity index (χ3v) is 13.9. The van der Waals surface area contributed by atoms with Gasteiger partial charge in [0.15, 0.2) is 5.65 Å². The number of fused-ring (bicyclic) bond motifs is 1. The minimum absolute atomic E-state index is 0.0627. The van der Waals surface area contributed by atoms with Gasteiger partial charge in [0, 0.05) is 36.7 Å². The van der Waals surface area contributed by atoms with Crippen LogP contribution in [0.4, 0.5) is 10.5 Å². The van der Waals surface area contributed by atoms with Crippen molar-refractivity contribution in [2.45, 2.75) is 169 Å². The number of carbonyl (C=O) groups is 8. The van der Waals surface area contributed by atoms with Gasteiger partial charge in [-0.05, 0) is 133 Å². The van der Waals surface area contributed by atoms with E-state index in [9.17, 15) is 43.5 Å². The Balaban J connectivity index is 1.10. The molecule has 93 heavy (non-hydrogen) atoms. The van der Waals surface area contributed by atoms with Crippen LogP contribution in [0.2, 0.25) is 0 Å². The van der Waals surface area contributed by atoms with Crippen LogP contribution in [0, 0.1) is 5.92 Å². The van der Waals surface area contributed by atoms with Crippen molar-refractivity contribution in [3.63, 3.8) is 0 Å². The summed E-state index contributed by atoms with van der Waals surface area (Å²) in [6.45, 7) is 17.9. The lowest BCUT2D eigenvalue weighted by molar-refractivity contribution is -0.157. The number of benzene rings is 5. The summed E-state index contributed by atoms with van der Waals surface area (Å²) in [5.41, 5.74) is 4.20. The minimum Gasteiger partial charge on any atom is -0.508 e. The fourth-order valence-corrected chi connectivity index (χ4v) is 9.61. The second-order valence-electron chi connectivity index (χ2n) is 25.8. The van der Waals surface area contributed by atoms with E-state index >= 15 is 0 Å². The number of nitrogens with zero attached hydrogens (tertiary/aromatic N) is 3. The van der Waals surface area contributed by atoms with Gasteiger partial charge in [0.05, 0.1) is 24.2 Å². The van der Waals surface area contributed by atoms with Crippen LogP contribution in [0.3, 0.4) is 0 Å². The van der Waals surface area contributed by atoms with E-state index in [0.717, 1.165) is 16.7 Å². The molecule has 0 fully saturated rings. The maximum atomic E-state index is 14.5. The fourth-order valence-electron chi connectivity index (χ4n) is 9.61. The zero-order chi connectivity index (χ0) is 67.6. The van der Waals surface area contributed by atoms with Crippen LogP contribution in [-0.2, 0) is 78.6 Å². The van der Waals surface area contributed by atoms with Crippen molar-refractivity contribution in [1.29, 1.82) is 0 Å². The van der Waals surface area contributed by atoms with Gasteiger partial charge in [0.25, 0.3) is 0 Å². The number of hydrogen-bond acceptors (Lipinski definition) is 16. The predicted molar refractivity (Wildman–Crippen MR) is 348 cm³/mol. The molecule has 0 spiro atoms. The summed E-state index contributed by atoms with van der Waals surface area (Å²) in [7, 11) is 0. The van der Waals surface area contributed by atoms with E-state index < -0.39 is 114 Å². The molecule has 0 radical (unpaired) electrons. The molecule has 4 unspecified atom stereocenters. The molecule has 2 heterocycles. The number of aromatic nitrogens is 3. The molecular formula is C71H84N8O14. The Morgan fingerprint density at radius 1 is 0.505 bits per heavy atom. The summed E-state index contributed by atoms with van der Waals surface area (Å²) in [5, 5.41) is 23.1. The second kappa shape index (κ2) is 31.8. The first kappa shape index (κ1) is 70.3. The largest absolute Gasteiger partial charge is 0.508 e. The molecule has 0 bridgehead atoms. The van der Waals surface area contributed by atoms with Gasteiger partial charge in [-0.15, -0.1) is 0 Å². The molecule has 0 aliphatic heterocycles. The highest BCUT2D eigenvalue weighted by Crippen LogP contribution is 2.31. The molecule has 0 aliphatic rings. The van der Waals surface area contributed by atoms with Gasteiger partial charge in [-0.3, -0.25) is 38.0 Å². The summed E-state index contributed by atoms with van der Waals surface area (Å²) in [6.07, 6.45) is -0.390. The van der Waals surface area contributed by atoms with Crippen LogP contribution in [0.5, 0.6) is 11.6 Å². The summed E-state index contributed by atoms with van der Waals surface area (Å²) in [5.74, 6) is -6.19. The molecule has 6 N–H and O–H groups in total. The van der Waals surface area contributed by atoms with Crippen LogP contribution in [-0.4, -0.2) is 108 Å². The summed E-state index contributed by atoms with van der Waals surface area (Å²) >= 11 is 0. The van der Waals surface area contributed by atoms with E-state index in [4.69, 9.17) is 33.7 Å². The zero-order valence-electron chi connectivity index (χ0n) is 54.5. The van der Waals surface area contributed by atoms with Crippen LogP contribution >= 0.6 is 0 Å². The number of nitrogens with one attached hydrogen (secondary N) is 5. The molecular weight excluding hydrogens is 1190 g/mol. The summed E-state index contributed by atoms with van der Waals surface area (Å²) in [6, 6.07) is 35.8. The lowest BCUT2D eigenvalue weighted by Crippen LogP contribution is -2.59. The molecule has 22 heteroatoms. The Morgan fingerprint density at radius 2 is 0.989 bits per heavy atom. The van der Waals surface area contributed by atoms with Crippen LogP contribution in [0.15, 0.2) is 146 Å². The Bertz CT molecular complexity index is 3710. The first-order chi connectivity index (χ1) is 43.9. The molecule has 4 atom stereocenters. The number of hydrogen-bond donors (Lipinski definition) is 6. The van der Waals surface area contributed by atoms with E-state index in [0.29, 0.717) is 58.3 Å². The van der Waals surface area contributed by atoms with Gasteiger partial charge >= 0.3 is 24.0 Å². The number of esters is 3. The van der Waals surface area contributed by atoms with Crippen LogP contribution < -0.4 is 31.3 Å². The Kier molecular flexibility index (Phi) is 24.0. The first-order valence-corrected chi connectivity index (χ1v) is 30.8. The van der Waals surface area contributed by atoms with Gasteiger partial charge in [0.1, 0.15) is 65.6 Å². The molecule has 0 saturated carbocycles. The molecule has 0 saturated heterocycles. The number of imidazole rings is 1. The minimum atomic E-state index is -1.66. The number of carbonyl (C=O) groups excluding carboxylic acids is 8. The van der Waals surface area contributed by atoms with Crippen LogP contribution in [0.25, 0.3) is 16.9 Å². The molecule has 5 aromatic carbocycles. The lowest BCUT2D eigenvalue weighted by Gasteiger charge is -2.28. The summed E-state index contributed by atoms with van der Waals surface area (Å²) in [4.78, 5) is 121. The van der Waals surface area contributed by atoms with Gasteiger partial charge in [-0.2, -0.15) is 0 Å². The number of phenols is 1. The Labute approximate surface area is 541 Å². The molecule has 0 aliphatic carbocycles. The average molecular weight is 1270 g/mol. The topological polar surface area (TPSA) is 293 Å². The van der Waals surface area contributed by atoms with E-state index in [1.807, 2.05) is 71.3 Å². The molecule has 492 valence electrons. The van der Waals surface area contributed by atoms with E-state index in [1.54, 1.807) is 155 Å². The van der Waals surface area contributed by atoms with E-state index in [-0.39, 0.29) is 25.4 Å². The van der Waals surface area contributed by atoms with Crippen molar-refractivity contribution in [1.82, 2.24) is 35.6 Å². The molecule has 7 rings (SSSR count). The maximum Gasteiger partial charge on any atom is 0.408 e. The maximum absolute atomic E-state index is 14.5. The van der Waals surface area contributed by atoms with Gasteiger partial charge in [0.2, 0.25) is 29.5 Å². The molecule has 2 aromatic heterocycles. The summed E-state index contributed by atoms with van der Waals surface area (Å²) < 4.78 is 30.5. The first-order valence-electron chi connectivity index (χ1n) is 30.8. The van der Waals surface area contributed by atoms with Gasteiger partial charge < -0.3 is 55.4 Å². The normalized spacial score (nSPS) is 12.9. The van der Waals surface area contributed by atoms with Crippen molar-refractivity contribution in [3.05, 3.63) is 179 Å². The Hall–Kier alpha value is -10.1. The number of phenolic OH excluding ortho intramolecular Hbond substituents is 1. The predicted octanol–water partition coefficient (Wildman–Crippen LogP) is 9.79. The smallest absolute Gasteiger partial charge is 0.408 e. The number of anilines is 1. The number of rotatable bonds is 27. The van der Waals surface area contributed by atoms with Gasteiger partial charge in [-0.1, -0.05) is 117 Å². The molecule has 22 nitrogen and oxygen atoms in total. The highest BCUT2D eigenvalue weighted by molar-refractivity contribution is 6.01. The SMILES string of the molecule is CC(C)C(NC(=O)C(CCC(=O)OC(C)(C)C)NC(=O)C(CC(=O)OC(C)(C)C)NC(=O)OCc1ccccc1)C(=O)NC(CC(=O)OC(C)(C)C)C(=O)Nc1ccc(COc2c(Cc3ccccc3)nc3c(Cc4ccccc4)nc(-c4ccc(O)cc4)cn23)cc1. The highest BCUT2D eigenvalue weighted by atomic mass is 16.6. The van der Waals surface area contributed by atoms with Crippen molar-refractivity contribution in [2.24, 2.45) is 5.92 Å². The number of amides is 5. The number of aromatic hydroxyl groups is 1. The van der Waals surface area contributed by atoms with Crippen LogP contribution in [0.1, 0.15) is 135 Å². The number of ether oxygens (including phenoxy) is 5. The van der Waals surface area contributed by atoms with Crippen molar-refractivity contribution in [2.75, 3.05) is 5.32 Å². The number of alkyl carbamates (subject to hydrolysis) is 1. The van der Waals surface area contributed by atoms with Crippen molar-refractivity contribution >= 4 is 59.0 Å². The lowest BCUT2D eigenvalue weighted by atomic mass is 10.0. The highest BCUT2D eigenvalue weighted by Gasteiger charge is 2.36. The zero-order valence-corrected chi connectivity index (χ0v) is 54.5. The standard InChI is InChI=1S/C71H84N8O14/c1-44(2)61(78-63(84)52(35-36-58(81)91-69(3,4)5)75-65(86)55(40-60(83)93-71(9,10)11)77-68(88)90-43-47-25-19-14-20-26-47)66(87)76-54(39-59(82)92-70(6,7)8)64(85)72-50-31-27-48(28-32-50)42-89-67-56(38-46-23-17-13-18-24-46)74-62-53(37-45-21-15-12-16-22-45)73-57(41-79(62)67)49-29-33-51(80)34-30-49/h12-34,41,44,52,54-55,61,80H,35-40,42-43H2,1-11H3,(H,72,85)(H,75,86)(H,76,87)(H,77,88)(H,78,84). The average Bonchev–Trinajstić information content (AvgIpc) is 1.63. The van der Waals surface area contributed by atoms with Crippen molar-refractivity contribution < 1.29 is 67.1 Å². The molecule has 5 amide bonds. The van der Waals surface area contributed by atoms with Crippen molar-refractivity contribution in [3.8, 4) is 22.9 Å². The second-order valence-corrected chi connectivity index (χ2v) is 25.8. The monoisotopic (exact) mass is 1270 g/mol. The quantitative estimate of drug-likeness (QED) is 0.0206. The Morgan fingerprint density at radius 3 is 1.53 bits per heavy atom. The third kappa shape index (κ3) is 22.6.